The number of benzene rings is 1. The molecule has 0 amide bonds. The first-order chi connectivity index (χ1) is 13.6. The summed E-state index contributed by atoms with van der Waals surface area (Å²) in [6.07, 6.45) is 7.56. The Balaban J connectivity index is 1.94. The van der Waals surface area contributed by atoms with Gasteiger partial charge in [0.25, 0.3) is 6.47 Å². The molecule has 8 nitrogen and oxygen atoms in total. The molecule has 0 spiro atoms. The van der Waals surface area contributed by atoms with Crippen molar-refractivity contribution in [3.05, 3.63) is 33.6 Å². The highest BCUT2D eigenvalue weighted by atomic mass is 32.1. The van der Waals surface area contributed by atoms with Gasteiger partial charge in [0.1, 0.15) is 0 Å². The summed E-state index contributed by atoms with van der Waals surface area (Å²) in [5, 5.41) is 35.5. The standard InChI is InChI=1S/C19H23N3O5S/c23-12-27-9-8-15-11-28-19(21-14-4-2-1-3-5-14)22(15)20-10-13-6-7-16(24)18(26)17(13)25/h6-7,10-12,14,24-26H,1-5,8-9H2/b20-10+,21-19?. The molecule has 1 heterocycles. The van der Waals surface area contributed by atoms with Gasteiger partial charge in [-0.25, -0.2) is 4.68 Å². The maximum atomic E-state index is 10.4. The minimum absolute atomic E-state index is 0.226. The van der Waals surface area contributed by atoms with Crippen LogP contribution in [0, 0.1) is 0 Å². The summed E-state index contributed by atoms with van der Waals surface area (Å²) < 4.78 is 6.45. The van der Waals surface area contributed by atoms with Crippen LogP contribution >= 0.6 is 11.3 Å². The molecule has 1 fully saturated rings. The minimum Gasteiger partial charge on any atom is -0.504 e. The number of carbonyl (C=O) groups excluding carboxylic acids is 1. The average Bonchev–Trinajstić information content (AvgIpc) is 3.08. The van der Waals surface area contributed by atoms with Crippen molar-refractivity contribution in [2.75, 3.05) is 6.61 Å². The third-order valence-electron chi connectivity index (χ3n) is 4.64. The van der Waals surface area contributed by atoms with Crippen molar-refractivity contribution in [2.24, 2.45) is 10.1 Å². The van der Waals surface area contributed by atoms with Crippen LogP contribution in [0.4, 0.5) is 0 Å². The van der Waals surface area contributed by atoms with E-state index in [2.05, 4.69) is 5.10 Å². The topological polar surface area (TPSA) is 117 Å². The Morgan fingerprint density at radius 1 is 1.18 bits per heavy atom. The SMILES string of the molecule is O=COCCc1csc(=NC2CCCCC2)n1/N=C/c1ccc(O)c(O)c1O. The number of ether oxygens (including phenoxy) is 1. The molecule has 3 rings (SSSR count). The Hall–Kier alpha value is -2.81. The summed E-state index contributed by atoms with van der Waals surface area (Å²) in [4.78, 5) is 16.0. The second-order valence-corrected chi connectivity index (χ2v) is 7.41. The summed E-state index contributed by atoms with van der Waals surface area (Å²) in [7, 11) is 0. The van der Waals surface area contributed by atoms with Gasteiger partial charge in [0.15, 0.2) is 11.5 Å². The molecule has 1 aliphatic carbocycles. The molecule has 1 aromatic heterocycles. The van der Waals surface area contributed by atoms with Gasteiger partial charge in [0.05, 0.1) is 24.6 Å². The van der Waals surface area contributed by atoms with E-state index in [0.717, 1.165) is 23.3 Å². The Kier molecular flexibility index (Phi) is 6.70. The first kappa shape index (κ1) is 19.9. The zero-order valence-corrected chi connectivity index (χ0v) is 16.1. The highest BCUT2D eigenvalue weighted by Gasteiger charge is 2.14. The van der Waals surface area contributed by atoms with Crippen LogP contribution < -0.4 is 4.80 Å². The van der Waals surface area contributed by atoms with E-state index in [0.29, 0.717) is 12.9 Å². The molecule has 2 aromatic rings. The fourth-order valence-electron chi connectivity index (χ4n) is 3.10. The molecule has 1 aliphatic rings. The molecule has 0 bridgehead atoms. The molecular weight excluding hydrogens is 382 g/mol. The molecule has 28 heavy (non-hydrogen) atoms. The van der Waals surface area contributed by atoms with Crippen LogP contribution in [-0.4, -0.2) is 45.3 Å². The third-order valence-corrected chi connectivity index (χ3v) is 5.52. The van der Waals surface area contributed by atoms with Crippen LogP contribution in [0.25, 0.3) is 0 Å². The number of rotatable bonds is 7. The Bertz CT molecular complexity index is 913. The zero-order valence-electron chi connectivity index (χ0n) is 15.3. The fraction of sp³-hybridized carbons (Fsp3) is 0.421. The predicted molar refractivity (Wildman–Crippen MR) is 105 cm³/mol. The largest absolute Gasteiger partial charge is 0.504 e. The average molecular weight is 405 g/mol. The Labute approximate surface area is 166 Å². The third kappa shape index (κ3) is 4.72. The normalized spacial score (nSPS) is 15.9. The second kappa shape index (κ2) is 9.41. The van der Waals surface area contributed by atoms with Gasteiger partial charge in [-0.1, -0.05) is 19.3 Å². The lowest BCUT2D eigenvalue weighted by molar-refractivity contribution is -0.128. The number of aromatic hydroxyl groups is 3. The van der Waals surface area contributed by atoms with Crippen molar-refractivity contribution in [3.63, 3.8) is 0 Å². The van der Waals surface area contributed by atoms with E-state index < -0.39 is 17.2 Å². The molecule has 0 atom stereocenters. The number of thiazole rings is 1. The number of aromatic nitrogens is 1. The van der Waals surface area contributed by atoms with E-state index in [1.54, 1.807) is 4.68 Å². The van der Waals surface area contributed by atoms with Gasteiger partial charge in [0, 0.05) is 17.4 Å². The molecule has 1 aromatic carbocycles. The first-order valence-electron chi connectivity index (χ1n) is 9.17. The van der Waals surface area contributed by atoms with E-state index in [-0.39, 0.29) is 18.2 Å². The van der Waals surface area contributed by atoms with E-state index in [1.807, 2.05) is 5.38 Å². The summed E-state index contributed by atoms with van der Waals surface area (Å²) in [6, 6.07) is 2.99. The maximum Gasteiger partial charge on any atom is 0.293 e. The van der Waals surface area contributed by atoms with Crippen LogP contribution in [0.1, 0.15) is 43.4 Å². The van der Waals surface area contributed by atoms with E-state index >= 15 is 0 Å². The van der Waals surface area contributed by atoms with Crippen molar-refractivity contribution in [1.82, 2.24) is 4.68 Å². The van der Waals surface area contributed by atoms with Gasteiger partial charge in [-0.2, -0.15) is 5.10 Å². The molecular formula is C19H23N3O5S. The van der Waals surface area contributed by atoms with Crippen LogP contribution in [0.5, 0.6) is 17.2 Å². The van der Waals surface area contributed by atoms with Gasteiger partial charge in [-0.05, 0) is 25.0 Å². The summed E-state index contributed by atoms with van der Waals surface area (Å²) in [5.41, 5.74) is 1.08. The number of nitrogens with zero attached hydrogens (tertiary/aromatic N) is 3. The molecule has 0 radical (unpaired) electrons. The highest BCUT2D eigenvalue weighted by Crippen LogP contribution is 2.36. The maximum absolute atomic E-state index is 10.4. The quantitative estimate of drug-likeness (QED) is 0.283. The number of phenols is 3. The van der Waals surface area contributed by atoms with E-state index in [9.17, 15) is 20.1 Å². The monoisotopic (exact) mass is 405 g/mol. The van der Waals surface area contributed by atoms with Gasteiger partial charge in [0.2, 0.25) is 10.6 Å². The molecule has 0 saturated heterocycles. The van der Waals surface area contributed by atoms with Crippen molar-refractivity contribution in [2.45, 2.75) is 44.6 Å². The van der Waals surface area contributed by atoms with E-state index in [4.69, 9.17) is 9.73 Å². The number of carbonyl (C=O) groups is 1. The minimum atomic E-state index is -0.592. The van der Waals surface area contributed by atoms with Crippen LogP contribution in [0.3, 0.4) is 0 Å². The lowest BCUT2D eigenvalue weighted by Gasteiger charge is -2.16. The number of hydrogen-bond acceptors (Lipinski definition) is 8. The first-order valence-corrected chi connectivity index (χ1v) is 10.0. The molecule has 1 saturated carbocycles. The van der Waals surface area contributed by atoms with Gasteiger partial charge in [-0.15, -0.1) is 11.3 Å². The number of hydrogen-bond donors (Lipinski definition) is 3. The van der Waals surface area contributed by atoms with Gasteiger partial charge < -0.3 is 20.1 Å². The van der Waals surface area contributed by atoms with Crippen molar-refractivity contribution in [1.29, 1.82) is 0 Å². The van der Waals surface area contributed by atoms with Gasteiger partial charge in [-0.3, -0.25) is 9.79 Å². The lowest BCUT2D eigenvalue weighted by Crippen LogP contribution is -2.20. The van der Waals surface area contributed by atoms with Crippen LogP contribution in [0.2, 0.25) is 0 Å². The highest BCUT2D eigenvalue weighted by molar-refractivity contribution is 7.07. The van der Waals surface area contributed by atoms with E-state index in [1.165, 1.54) is 48.9 Å². The molecule has 0 aliphatic heterocycles. The summed E-state index contributed by atoms with van der Waals surface area (Å²) in [6.45, 7) is 0.633. The molecule has 3 N–H and O–H groups in total. The van der Waals surface area contributed by atoms with Crippen molar-refractivity contribution >= 4 is 24.0 Å². The number of phenolic OH excluding ortho intramolecular Hbond substituents is 3. The molecule has 9 heteroatoms. The Morgan fingerprint density at radius 2 is 1.96 bits per heavy atom. The predicted octanol–water partition coefficient (Wildman–Crippen LogP) is 2.50. The zero-order chi connectivity index (χ0) is 19.9. The van der Waals surface area contributed by atoms with Crippen molar-refractivity contribution in [3.8, 4) is 17.2 Å². The summed E-state index contributed by atoms with van der Waals surface area (Å²) in [5.74, 6) is -1.44. The molecule has 0 unspecified atom stereocenters. The van der Waals surface area contributed by atoms with Crippen molar-refractivity contribution < 1.29 is 24.9 Å². The summed E-state index contributed by atoms with van der Waals surface area (Å²) >= 11 is 1.46. The Morgan fingerprint density at radius 3 is 2.71 bits per heavy atom. The lowest BCUT2D eigenvalue weighted by atomic mass is 9.96. The van der Waals surface area contributed by atoms with Crippen LogP contribution in [-0.2, 0) is 16.0 Å². The van der Waals surface area contributed by atoms with Crippen LogP contribution in [0.15, 0.2) is 27.6 Å². The smallest absolute Gasteiger partial charge is 0.293 e. The second-order valence-electron chi connectivity index (χ2n) is 6.58. The molecule has 150 valence electrons. The fourth-order valence-corrected chi connectivity index (χ4v) is 4.04. The van der Waals surface area contributed by atoms with Gasteiger partial charge >= 0.3 is 0 Å².